The first-order chi connectivity index (χ1) is 12.1. The molecule has 1 aromatic carbocycles. The van der Waals surface area contributed by atoms with Crippen LogP contribution in [0.2, 0.25) is 5.02 Å². The normalized spacial score (nSPS) is 14.7. The number of benzene rings is 1. The lowest BCUT2D eigenvalue weighted by atomic mass is 10.1. The highest BCUT2D eigenvalue weighted by molar-refractivity contribution is 6.30. The maximum absolute atomic E-state index is 12.7. The van der Waals surface area contributed by atoms with Gasteiger partial charge in [0.05, 0.1) is 34.6 Å². The summed E-state index contributed by atoms with van der Waals surface area (Å²) < 4.78 is 1.47. The maximum atomic E-state index is 12.7. The standard InChI is InChI=1S/C17H12ClN5O2/c1-10(23-16(24)12-4-2-3-5-13(12)17(23)25)14-15(20-7-6-19-14)22-9-11(18)8-21-22/h2-10H,1H3. The smallest absolute Gasteiger partial charge is 0.262 e. The van der Waals surface area contributed by atoms with E-state index in [1.807, 2.05) is 0 Å². The fourth-order valence-electron chi connectivity index (χ4n) is 2.91. The Labute approximate surface area is 147 Å². The highest BCUT2D eigenvalue weighted by atomic mass is 35.5. The Hall–Kier alpha value is -3.06. The second-order valence-electron chi connectivity index (χ2n) is 5.57. The van der Waals surface area contributed by atoms with Crippen molar-refractivity contribution in [3.8, 4) is 5.82 Å². The van der Waals surface area contributed by atoms with Gasteiger partial charge in [-0.15, -0.1) is 0 Å². The van der Waals surface area contributed by atoms with Gasteiger partial charge in [0.15, 0.2) is 5.82 Å². The number of carbonyl (C=O) groups excluding carboxylic acids is 2. The molecule has 3 heterocycles. The molecule has 1 aliphatic heterocycles. The molecule has 0 N–H and O–H groups in total. The number of rotatable bonds is 3. The van der Waals surface area contributed by atoms with Gasteiger partial charge in [-0.3, -0.25) is 19.5 Å². The van der Waals surface area contributed by atoms with E-state index in [9.17, 15) is 9.59 Å². The molecule has 8 heteroatoms. The molecule has 0 saturated heterocycles. The lowest BCUT2D eigenvalue weighted by Crippen LogP contribution is -2.33. The number of nitrogens with zero attached hydrogens (tertiary/aromatic N) is 5. The second-order valence-corrected chi connectivity index (χ2v) is 6.01. The first kappa shape index (κ1) is 15.5. The van der Waals surface area contributed by atoms with Crippen LogP contribution in [0, 0.1) is 0 Å². The molecule has 1 atom stereocenters. The molecule has 0 saturated carbocycles. The van der Waals surface area contributed by atoms with Crippen LogP contribution in [0.4, 0.5) is 0 Å². The van der Waals surface area contributed by atoms with Crippen LogP contribution >= 0.6 is 11.6 Å². The van der Waals surface area contributed by atoms with Crippen molar-refractivity contribution in [2.75, 3.05) is 0 Å². The Morgan fingerprint density at radius 3 is 2.28 bits per heavy atom. The number of hydrogen-bond acceptors (Lipinski definition) is 5. The first-order valence-corrected chi connectivity index (χ1v) is 7.94. The van der Waals surface area contributed by atoms with Crippen LogP contribution in [0.3, 0.4) is 0 Å². The lowest BCUT2D eigenvalue weighted by molar-refractivity contribution is 0.0592. The fourth-order valence-corrected chi connectivity index (χ4v) is 3.05. The van der Waals surface area contributed by atoms with Crippen LogP contribution < -0.4 is 0 Å². The fraction of sp³-hybridized carbons (Fsp3) is 0.118. The van der Waals surface area contributed by atoms with Gasteiger partial charge in [0.2, 0.25) is 0 Å². The summed E-state index contributed by atoms with van der Waals surface area (Å²) in [5.74, 6) is -0.273. The third kappa shape index (κ3) is 2.40. The first-order valence-electron chi connectivity index (χ1n) is 7.56. The Morgan fingerprint density at radius 1 is 1.04 bits per heavy atom. The third-order valence-electron chi connectivity index (χ3n) is 4.08. The molecule has 7 nitrogen and oxygen atoms in total. The zero-order chi connectivity index (χ0) is 17.6. The minimum absolute atomic E-state index is 0.344. The van der Waals surface area contributed by atoms with Gasteiger partial charge in [-0.25, -0.2) is 9.67 Å². The van der Waals surface area contributed by atoms with E-state index >= 15 is 0 Å². The molecule has 1 unspecified atom stereocenters. The minimum atomic E-state index is -0.612. The molecule has 0 spiro atoms. The maximum Gasteiger partial charge on any atom is 0.262 e. The summed E-state index contributed by atoms with van der Waals surface area (Å²) in [5, 5.41) is 4.58. The zero-order valence-electron chi connectivity index (χ0n) is 13.1. The third-order valence-corrected chi connectivity index (χ3v) is 4.28. The Kier molecular flexibility index (Phi) is 3.58. The Morgan fingerprint density at radius 2 is 1.68 bits per heavy atom. The van der Waals surface area contributed by atoms with E-state index in [-0.39, 0.29) is 11.8 Å². The summed E-state index contributed by atoms with van der Waals surface area (Å²) in [6, 6.07) is 6.15. The molecule has 0 radical (unpaired) electrons. The molecule has 1 aliphatic rings. The van der Waals surface area contributed by atoms with Crippen molar-refractivity contribution in [3.05, 3.63) is 70.9 Å². The predicted octanol–water partition coefficient (Wildman–Crippen LogP) is 2.67. The van der Waals surface area contributed by atoms with E-state index in [0.717, 1.165) is 0 Å². The highest BCUT2D eigenvalue weighted by Gasteiger charge is 2.40. The van der Waals surface area contributed by atoms with Crippen LogP contribution in [0.5, 0.6) is 0 Å². The van der Waals surface area contributed by atoms with E-state index in [0.29, 0.717) is 27.7 Å². The van der Waals surface area contributed by atoms with Crippen LogP contribution in [-0.2, 0) is 0 Å². The molecule has 25 heavy (non-hydrogen) atoms. The van der Waals surface area contributed by atoms with Crippen molar-refractivity contribution in [2.24, 2.45) is 0 Å². The van der Waals surface area contributed by atoms with Crippen molar-refractivity contribution in [1.82, 2.24) is 24.6 Å². The summed E-state index contributed by atoms with van der Waals surface area (Å²) in [6.07, 6.45) is 6.10. The summed E-state index contributed by atoms with van der Waals surface area (Å²) in [5.41, 5.74) is 1.25. The summed E-state index contributed by atoms with van der Waals surface area (Å²) in [7, 11) is 0. The highest BCUT2D eigenvalue weighted by Crippen LogP contribution is 2.32. The van der Waals surface area contributed by atoms with E-state index in [1.165, 1.54) is 28.2 Å². The molecule has 0 aliphatic carbocycles. The molecule has 0 fully saturated rings. The average Bonchev–Trinajstić information content (AvgIpc) is 3.17. The van der Waals surface area contributed by atoms with Crippen molar-refractivity contribution in [3.63, 3.8) is 0 Å². The van der Waals surface area contributed by atoms with Crippen LogP contribution in [0.15, 0.2) is 49.1 Å². The van der Waals surface area contributed by atoms with E-state index < -0.39 is 6.04 Å². The van der Waals surface area contributed by atoms with Gasteiger partial charge in [0.1, 0.15) is 5.69 Å². The zero-order valence-corrected chi connectivity index (χ0v) is 13.9. The molecule has 3 aromatic rings. The number of hydrogen-bond donors (Lipinski definition) is 0. The second kappa shape index (κ2) is 5.78. The van der Waals surface area contributed by atoms with Gasteiger partial charge in [-0.1, -0.05) is 23.7 Å². The number of amides is 2. The summed E-state index contributed by atoms with van der Waals surface area (Å²) in [4.78, 5) is 35.2. The molecular weight excluding hydrogens is 342 g/mol. The molecule has 0 bridgehead atoms. The number of fused-ring (bicyclic) bond motifs is 1. The minimum Gasteiger partial charge on any atom is -0.269 e. The van der Waals surface area contributed by atoms with Crippen molar-refractivity contribution < 1.29 is 9.59 Å². The largest absolute Gasteiger partial charge is 0.269 e. The summed E-state index contributed by atoms with van der Waals surface area (Å²) in [6.45, 7) is 1.74. The monoisotopic (exact) mass is 353 g/mol. The van der Waals surface area contributed by atoms with Gasteiger partial charge in [0.25, 0.3) is 11.8 Å². The number of imide groups is 1. The quantitative estimate of drug-likeness (QED) is 0.676. The van der Waals surface area contributed by atoms with Crippen molar-refractivity contribution in [1.29, 1.82) is 0 Å². The van der Waals surface area contributed by atoms with Gasteiger partial charge in [-0.05, 0) is 19.1 Å². The predicted molar refractivity (Wildman–Crippen MR) is 89.5 cm³/mol. The molecule has 124 valence electrons. The molecule has 2 amide bonds. The van der Waals surface area contributed by atoms with Gasteiger partial charge in [0, 0.05) is 12.4 Å². The average molecular weight is 354 g/mol. The number of carbonyl (C=O) groups is 2. The van der Waals surface area contributed by atoms with E-state index in [2.05, 4.69) is 15.1 Å². The van der Waals surface area contributed by atoms with Gasteiger partial charge < -0.3 is 0 Å². The van der Waals surface area contributed by atoms with Crippen LogP contribution in [0.25, 0.3) is 5.82 Å². The lowest BCUT2D eigenvalue weighted by Gasteiger charge is -2.23. The van der Waals surface area contributed by atoms with Gasteiger partial charge in [-0.2, -0.15) is 5.10 Å². The van der Waals surface area contributed by atoms with E-state index in [4.69, 9.17) is 11.6 Å². The van der Waals surface area contributed by atoms with Crippen molar-refractivity contribution in [2.45, 2.75) is 13.0 Å². The van der Waals surface area contributed by atoms with Crippen molar-refractivity contribution >= 4 is 23.4 Å². The van der Waals surface area contributed by atoms with E-state index in [1.54, 1.807) is 37.4 Å². The molecule has 2 aromatic heterocycles. The van der Waals surface area contributed by atoms with Crippen LogP contribution in [0.1, 0.15) is 39.4 Å². The van der Waals surface area contributed by atoms with Crippen LogP contribution in [-0.4, -0.2) is 36.5 Å². The molecule has 4 rings (SSSR count). The number of halogens is 1. The Balaban J connectivity index is 1.77. The SMILES string of the molecule is CC(c1nccnc1-n1cc(Cl)cn1)N1C(=O)c2ccccc2C1=O. The molecular formula is C17H12ClN5O2. The number of aromatic nitrogens is 4. The Bertz CT molecular complexity index is 965. The topological polar surface area (TPSA) is 81.0 Å². The summed E-state index contributed by atoms with van der Waals surface area (Å²) >= 11 is 5.93. The van der Waals surface area contributed by atoms with Gasteiger partial charge >= 0.3 is 0 Å².